The molecule has 0 fully saturated rings. The van der Waals surface area contributed by atoms with Crippen molar-refractivity contribution in [1.29, 1.82) is 0 Å². The van der Waals surface area contributed by atoms with E-state index < -0.39 is 0 Å². The molecular formula is C13H17BrN2O3. The lowest BCUT2D eigenvalue weighted by molar-refractivity contribution is 0.0526. The van der Waals surface area contributed by atoms with Crippen LogP contribution in [0, 0.1) is 0 Å². The van der Waals surface area contributed by atoms with Gasteiger partial charge in [0.1, 0.15) is 0 Å². The molecule has 2 amide bonds. The van der Waals surface area contributed by atoms with Crippen LogP contribution in [-0.4, -0.2) is 37.1 Å². The number of halogens is 1. The smallest absolute Gasteiger partial charge is 0.338 e. The molecular weight excluding hydrogens is 312 g/mol. The Morgan fingerprint density at radius 1 is 1.37 bits per heavy atom. The maximum absolute atomic E-state index is 11.7. The van der Waals surface area contributed by atoms with Crippen molar-refractivity contribution in [3.05, 3.63) is 28.2 Å². The first kappa shape index (κ1) is 15.5. The molecule has 1 rings (SSSR count). The Morgan fingerprint density at radius 3 is 2.58 bits per heavy atom. The van der Waals surface area contributed by atoms with Crippen LogP contribution in [-0.2, 0) is 4.74 Å². The number of rotatable bonds is 4. The van der Waals surface area contributed by atoms with Gasteiger partial charge in [0.15, 0.2) is 0 Å². The van der Waals surface area contributed by atoms with Crippen molar-refractivity contribution >= 4 is 33.6 Å². The van der Waals surface area contributed by atoms with E-state index in [0.29, 0.717) is 28.9 Å². The minimum atomic E-state index is -0.383. The van der Waals surface area contributed by atoms with E-state index in [9.17, 15) is 9.59 Å². The zero-order valence-corrected chi connectivity index (χ0v) is 12.8. The highest BCUT2D eigenvalue weighted by Crippen LogP contribution is 2.24. The fourth-order valence-corrected chi connectivity index (χ4v) is 1.79. The molecule has 6 heteroatoms. The summed E-state index contributed by atoms with van der Waals surface area (Å²) in [6, 6.07) is 4.70. The monoisotopic (exact) mass is 328 g/mol. The Labute approximate surface area is 121 Å². The summed E-state index contributed by atoms with van der Waals surface area (Å²) < 4.78 is 5.54. The third kappa shape index (κ3) is 4.24. The Hall–Kier alpha value is -1.56. The van der Waals surface area contributed by atoms with Crippen molar-refractivity contribution in [2.45, 2.75) is 13.8 Å². The molecule has 0 saturated carbocycles. The van der Waals surface area contributed by atoms with Gasteiger partial charge in [-0.3, -0.25) is 0 Å². The van der Waals surface area contributed by atoms with Gasteiger partial charge in [-0.1, -0.05) is 0 Å². The minimum absolute atomic E-state index is 0.202. The average molecular weight is 329 g/mol. The summed E-state index contributed by atoms with van der Waals surface area (Å²) in [7, 11) is 1.70. The number of urea groups is 1. The normalized spacial score (nSPS) is 9.89. The maximum Gasteiger partial charge on any atom is 0.338 e. The predicted molar refractivity (Wildman–Crippen MR) is 77.4 cm³/mol. The molecule has 1 aromatic rings. The fraction of sp³-hybridized carbons (Fsp3) is 0.385. The molecule has 0 aliphatic carbocycles. The highest BCUT2D eigenvalue weighted by atomic mass is 79.9. The number of ether oxygens (including phenoxy) is 1. The topological polar surface area (TPSA) is 58.6 Å². The van der Waals surface area contributed by atoms with Gasteiger partial charge in [-0.25, -0.2) is 9.59 Å². The van der Waals surface area contributed by atoms with Gasteiger partial charge in [0.25, 0.3) is 0 Å². The van der Waals surface area contributed by atoms with E-state index in [1.54, 1.807) is 37.1 Å². The van der Waals surface area contributed by atoms with Crippen molar-refractivity contribution in [1.82, 2.24) is 4.90 Å². The maximum atomic E-state index is 11.7. The Kier molecular flexibility index (Phi) is 5.82. The zero-order chi connectivity index (χ0) is 14.4. The summed E-state index contributed by atoms with van der Waals surface area (Å²) in [4.78, 5) is 24.8. The Morgan fingerprint density at radius 2 is 2.05 bits per heavy atom. The van der Waals surface area contributed by atoms with Gasteiger partial charge < -0.3 is 15.0 Å². The molecule has 0 heterocycles. The average Bonchev–Trinajstić information content (AvgIpc) is 2.40. The van der Waals surface area contributed by atoms with E-state index in [1.807, 2.05) is 6.92 Å². The minimum Gasteiger partial charge on any atom is -0.462 e. The largest absolute Gasteiger partial charge is 0.462 e. The van der Waals surface area contributed by atoms with Crippen molar-refractivity contribution in [2.75, 3.05) is 25.5 Å². The zero-order valence-electron chi connectivity index (χ0n) is 11.2. The molecule has 1 aromatic carbocycles. The lowest BCUT2D eigenvalue weighted by atomic mass is 10.2. The highest BCUT2D eigenvalue weighted by molar-refractivity contribution is 9.10. The van der Waals surface area contributed by atoms with Crippen LogP contribution in [0.1, 0.15) is 24.2 Å². The molecule has 0 bridgehead atoms. The van der Waals surface area contributed by atoms with Crippen LogP contribution >= 0.6 is 15.9 Å². The van der Waals surface area contributed by atoms with Crippen molar-refractivity contribution in [3.63, 3.8) is 0 Å². The van der Waals surface area contributed by atoms with E-state index >= 15 is 0 Å². The molecule has 0 spiro atoms. The molecule has 0 unspecified atom stereocenters. The number of esters is 1. The van der Waals surface area contributed by atoms with Gasteiger partial charge in [-0.15, -0.1) is 0 Å². The molecule has 0 radical (unpaired) electrons. The number of carbonyl (C=O) groups excluding carboxylic acids is 2. The summed E-state index contributed by atoms with van der Waals surface area (Å²) in [6.45, 7) is 4.58. The first-order valence-electron chi connectivity index (χ1n) is 5.98. The quantitative estimate of drug-likeness (QED) is 0.864. The lowest BCUT2D eigenvalue weighted by Gasteiger charge is -2.16. The van der Waals surface area contributed by atoms with E-state index in [0.717, 1.165) is 0 Å². The van der Waals surface area contributed by atoms with Crippen LogP contribution < -0.4 is 5.32 Å². The summed E-state index contributed by atoms with van der Waals surface area (Å²) in [5.41, 5.74) is 1.05. The highest BCUT2D eigenvalue weighted by Gasteiger charge is 2.12. The number of hydrogen-bond acceptors (Lipinski definition) is 3. The fourth-order valence-electron chi connectivity index (χ4n) is 1.31. The molecule has 0 atom stereocenters. The van der Waals surface area contributed by atoms with Gasteiger partial charge in [-0.05, 0) is 48.0 Å². The number of amides is 2. The summed E-state index contributed by atoms with van der Waals surface area (Å²) >= 11 is 3.33. The molecule has 0 aromatic heterocycles. The number of anilines is 1. The van der Waals surface area contributed by atoms with Crippen molar-refractivity contribution in [2.24, 2.45) is 0 Å². The molecule has 104 valence electrons. The van der Waals surface area contributed by atoms with Crippen molar-refractivity contribution < 1.29 is 14.3 Å². The standard InChI is InChI=1S/C13H17BrN2O3/c1-4-16(3)13(18)15-11-7-6-9(8-10(11)14)12(17)19-5-2/h6-8H,4-5H2,1-3H3,(H,15,18). The molecule has 0 aliphatic heterocycles. The lowest BCUT2D eigenvalue weighted by Crippen LogP contribution is -2.31. The molecule has 5 nitrogen and oxygen atoms in total. The Bertz CT molecular complexity index is 477. The second-order valence-corrected chi connectivity index (χ2v) is 4.71. The predicted octanol–water partition coefficient (Wildman–Crippen LogP) is 3.11. The van der Waals surface area contributed by atoms with E-state index in [1.165, 1.54) is 0 Å². The summed E-state index contributed by atoms with van der Waals surface area (Å²) in [5.74, 6) is -0.383. The van der Waals surface area contributed by atoms with Crippen LogP contribution in [0.25, 0.3) is 0 Å². The van der Waals surface area contributed by atoms with Gasteiger partial charge in [0, 0.05) is 18.1 Å². The molecule has 0 saturated heterocycles. The third-order valence-electron chi connectivity index (χ3n) is 2.54. The number of hydrogen-bond donors (Lipinski definition) is 1. The summed E-state index contributed by atoms with van der Waals surface area (Å²) in [6.07, 6.45) is 0. The van der Waals surface area contributed by atoms with Gasteiger partial charge >= 0.3 is 12.0 Å². The van der Waals surface area contributed by atoms with E-state index in [4.69, 9.17) is 4.74 Å². The van der Waals surface area contributed by atoms with Crippen LogP contribution in [0.2, 0.25) is 0 Å². The number of nitrogens with one attached hydrogen (secondary N) is 1. The number of carbonyl (C=O) groups is 2. The van der Waals surface area contributed by atoms with Crippen LogP contribution in [0.3, 0.4) is 0 Å². The first-order valence-corrected chi connectivity index (χ1v) is 6.77. The molecule has 1 N–H and O–H groups in total. The van der Waals surface area contributed by atoms with E-state index in [-0.39, 0.29) is 12.0 Å². The van der Waals surface area contributed by atoms with Crippen LogP contribution in [0.15, 0.2) is 22.7 Å². The number of benzene rings is 1. The van der Waals surface area contributed by atoms with Crippen LogP contribution in [0.4, 0.5) is 10.5 Å². The third-order valence-corrected chi connectivity index (χ3v) is 3.20. The molecule has 19 heavy (non-hydrogen) atoms. The van der Waals surface area contributed by atoms with Crippen molar-refractivity contribution in [3.8, 4) is 0 Å². The first-order chi connectivity index (χ1) is 8.99. The molecule has 0 aliphatic rings. The van der Waals surface area contributed by atoms with Crippen LogP contribution in [0.5, 0.6) is 0 Å². The summed E-state index contributed by atoms with van der Waals surface area (Å²) in [5, 5.41) is 2.75. The second kappa shape index (κ2) is 7.13. The SMILES string of the molecule is CCOC(=O)c1ccc(NC(=O)N(C)CC)c(Br)c1. The number of nitrogens with zero attached hydrogens (tertiary/aromatic N) is 1. The van der Waals surface area contributed by atoms with Gasteiger partial charge in [-0.2, -0.15) is 0 Å². The van der Waals surface area contributed by atoms with E-state index in [2.05, 4.69) is 21.2 Å². The second-order valence-electron chi connectivity index (χ2n) is 3.86. The Balaban J connectivity index is 2.83. The van der Waals surface area contributed by atoms with Gasteiger partial charge in [0.2, 0.25) is 0 Å². The van der Waals surface area contributed by atoms with Gasteiger partial charge in [0.05, 0.1) is 17.9 Å².